The van der Waals surface area contributed by atoms with E-state index in [1.807, 2.05) is 0 Å². The minimum absolute atomic E-state index is 0.300. The summed E-state index contributed by atoms with van der Waals surface area (Å²) in [6.07, 6.45) is -0.573. The first-order valence-electron chi connectivity index (χ1n) is 7.77. The first-order chi connectivity index (χ1) is 12.2. The number of benzene rings is 1. The topological polar surface area (TPSA) is 93.7 Å². The van der Waals surface area contributed by atoms with E-state index in [4.69, 9.17) is 4.74 Å². The van der Waals surface area contributed by atoms with E-state index in [1.54, 1.807) is 56.5 Å². The first-order valence-corrected chi connectivity index (χ1v) is 8.65. The Morgan fingerprint density at radius 2 is 1.65 bits per heavy atom. The van der Waals surface area contributed by atoms with Gasteiger partial charge in [-0.3, -0.25) is 10.1 Å². The molecule has 2 rings (SSSR count). The number of carbonyl (C=O) groups is 3. The van der Waals surface area contributed by atoms with Gasteiger partial charge in [-0.1, -0.05) is 0 Å². The van der Waals surface area contributed by atoms with Gasteiger partial charge in [0.1, 0.15) is 10.6 Å². The fourth-order valence-corrected chi connectivity index (χ4v) is 2.75. The highest BCUT2D eigenvalue weighted by atomic mass is 32.1. The lowest BCUT2D eigenvalue weighted by atomic mass is 10.2. The Labute approximate surface area is 155 Å². The number of thiophene rings is 1. The fourth-order valence-electron chi connectivity index (χ4n) is 1.98. The van der Waals surface area contributed by atoms with E-state index in [0.29, 0.717) is 21.8 Å². The molecule has 26 heavy (non-hydrogen) atoms. The smallest absolute Gasteiger partial charge is 0.412 e. The standard InChI is InChI=1S/C18H20N2O5S/c1-18(2,3)25-17(23)19-12-7-5-11(6-8-12)14(21)20-15-13(9-10-26-15)16(22)24-4/h5-10H,1-4H3,(H,19,23)(H,20,21). The maximum atomic E-state index is 12.3. The molecular formula is C18H20N2O5S. The Morgan fingerprint density at radius 1 is 1.00 bits per heavy atom. The second-order valence-corrected chi connectivity index (χ2v) is 7.23. The van der Waals surface area contributed by atoms with Gasteiger partial charge in [0, 0.05) is 11.3 Å². The lowest BCUT2D eigenvalue weighted by molar-refractivity contribution is 0.0599. The van der Waals surface area contributed by atoms with E-state index < -0.39 is 17.7 Å². The van der Waals surface area contributed by atoms with Gasteiger partial charge in [-0.15, -0.1) is 11.3 Å². The van der Waals surface area contributed by atoms with Gasteiger partial charge in [-0.25, -0.2) is 9.59 Å². The largest absolute Gasteiger partial charge is 0.465 e. The summed E-state index contributed by atoms with van der Waals surface area (Å²) in [6, 6.07) is 7.89. The zero-order chi connectivity index (χ0) is 19.3. The van der Waals surface area contributed by atoms with Gasteiger partial charge < -0.3 is 14.8 Å². The molecule has 2 amide bonds. The van der Waals surface area contributed by atoms with E-state index in [2.05, 4.69) is 15.4 Å². The van der Waals surface area contributed by atoms with E-state index in [9.17, 15) is 14.4 Å². The first kappa shape index (κ1) is 19.5. The molecule has 1 heterocycles. The van der Waals surface area contributed by atoms with Crippen LogP contribution in [0.2, 0.25) is 0 Å². The van der Waals surface area contributed by atoms with Crippen LogP contribution in [0.5, 0.6) is 0 Å². The average Bonchev–Trinajstić information content (AvgIpc) is 3.01. The van der Waals surface area contributed by atoms with Gasteiger partial charge in [0.25, 0.3) is 5.91 Å². The molecule has 7 nitrogen and oxygen atoms in total. The summed E-state index contributed by atoms with van der Waals surface area (Å²) in [4.78, 5) is 35.7. The summed E-state index contributed by atoms with van der Waals surface area (Å²) in [5.41, 5.74) is 0.585. The monoisotopic (exact) mass is 376 g/mol. The number of rotatable bonds is 4. The van der Waals surface area contributed by atoms with Crippen molar-refractivity contribution in [2.24, 2.45) is 0 Å². The van der Waals surface area contributed by atoms with Crippen LogP contribution in [0.1, 0.15) is 41.5 Å². The minimum atomic E-state index is -0.595. The number of ether oxygens (including phenoxy) is 2. The highest BCUT2D eigenvalue weighted by Gasteiger charge is 2.18. The lowest BCUT2D eigenvalue weighted by Crippen LogP contribution is -2.27. The van der Waals surface area contributed by atoms with Crippen molar-refractivity contribution in [1.82, 2.24) is 0 Å². The Morgan fingerprint density at radius 3 is 2.23 bits per heavy atom. The molecule has 0 bridgehead atoms. The molecular weight excluding hydrogens is 356 g/mol. The van der Waals surface area contributed by atoms with Gasteiger partial charge in [0.05, 0.1) is 12.7 Å². The van der Waals surface area contributed by atoms with E-state index in [-0.39, 0.29) is 5.91 Å². The fraction of sp³-hybridized carbons (Fsp3) is 0.278. The summed E-state index contributed by atoms with van der Waals surface area (Å²) >= 11 is 1.23. The van der Waals surface area contributed by atoms with Gasteiger partial charge in [-0.2, -0.15) is 0 Å². The quantitative estimate of drug-likeness (QED) is 0.783. The third-order valence-corrected chi connectivity index (χ3v) is 3.92. The van der Waals surface area contributed by atoms with Gasteiger partial charge in [-0.05, 0) is 56.5 Å². The molecule has 0 unspecified atom stereocenters. The molecule has 0 atom stereocenters. The molecule has 1 aromatic carbocycles. The molecule has 0 radical (unpaired) electrons. The summed E-state index contributed by atoms with van der Waals surface area (Å²) in [5.74, 6) is -0.889. The Balaban J connectivity index is 2.02. The predicted octanol–water partition coefficient (Wildman–Crippen LogP) is 4.13. The van der Waals surface area contributed by atoms with Crippen molar-refractivity contribution < 1.29 is 23.9 Å². The average molecular weight is 376 g/mol. The maximum absolute atomic E-state index is 12.3. The second-order valence-electron chi connectivity index (χ2n) is 6.31. The van der Waals surface area contributed by atoms with Crippen LogP contribution in [-0.2, 0) is 9.47 Å². The van der Waals surface area contributed by atoms with Crippen molar-refractivity contribution in [2.75, 3.05) is 17.7 Å². The van der Waals surface area contributed by atoms with Crippen LogP contribution in [0.3, 0.4) is 0 Å². The summed E-state index contributed by atoms with van der Waals surface area (Å²) in [7, 11) is 1.28. The predicted molar refractivity (Wildman–Crippen MR) is 99.9 cm³/mol. The van der Waals surface area contributed by atoms with Gasteiger partial charge >= 0.3 is 12.1 Å². The van der Waals surface area contributed by atoms with Crippen LogP contribution in [0, 0.1) is 0 Å². The van der Waals surface area contributed by atoms with Gasteiger partial charge in [0.2, 0.25) is 0 Å². The maximum Gasteiger partial charge on any atom is 0.412 e. The van der Waals surface area contributed by atoms with Crippen molar-refractivity contribution in [3.63, 3.8) is 0 Å². The molecule has 0 spiro atoms. The molecule has 2 N–H and O–H groups in total. The van der Waals surface area contributed by atoms with Crippen molar-refractivity contribution in [3.05, 3.63) is 46.8 Å². The van der Waals surface area contributed by atoms with Crippen LogP contribution < -0.4 is 10.6 Å². The zero-order valence-electron chi connectivity index (χ0n) is 14.9. The Kier molecular flexibility index (Phi) is 5.99. The van der Waals surface area contributed by atoms with Crippen LogP contribution in [0.4, 0.5) is 15.5 Å². The SMILES string of the molecule is COC(=O)c1ccsc1NC(=O)c1ccc(NC(=O)OC(C)(C)C)cc1. The van der Waals surface area contributed by atoms with E-state index in [0.717, 1.165) is 0 Å². The molecule has 0 aliphatic carbocycles. The summed E-state index contributed by atoms with van der Waals surface area (Å²) < 4.78 is 9.84. The van der Waals surface area contributed by atoms with Crippen molar-refractivity contribution in [1.29, 1.82) is 0 Å². The summed E-state index contributed by atoms with van der Waals surface area (Å²) in [6.45, 7) is 5.31. The van der Waals surface area contributed by atoms with Crippen molar-refractivity contribution in [3.8, 4) is 0 Å². The number of methoxy groups -OCH3 is 1. The molecule has 2 aromatic rings. The van der Waals surface area contributed by atoms with Crippen LogP contribution in [0.15, 0.2) is 35.7 Å². The van der Waals surface area contributed by atoms with Gasteiger partial charge in [0.15, 0.2) is 0 Å². The molecule has 8 heteroatoms. The number of anilines is 2. The second kappa shape index (κ2) is 8.01. The minimum Gasteiger partial charge on any atom is -0.465 e. The van der Waals surface area contributed by atoms with E-state index >= 15 is 0 Å². The molecule has 0 aliphatic heterocycles. The highest BCUT2D eigenvalue weighted by molar-refractivity contribution is 7.14. The number of hydrogen-bond acceptors (Lipinski definition) is 6. The van der Waals surface area contributed by atoms with Crippen molar-refractivity contribution in [2.45, 2.75) is 26.4 Å². The number of esters is 1. The highest BCUT2D eigenvalue weighted by Crippen LogP contribution is 2.24. The molecule has 0 fully saturated rings. The third kappa shape index (κ3) is 5.32. The molecule has 1 aromatic heterocycles. The molecule has 0 aliphatic rings. The summed E-state index contributed by atoms with van der Waals surface area (Å²) in [5, 5.41) is 7.37. The molecule has 138 valence electrons. The zero-order valence-corrected chi connectivity index (χ0v) is 15.7. The number of hydrogen-bond donors (Lipinski definition) is 2. The lowest BCUT2D eigenvalue weighted by Gasteiger charge is -2.19. The third-order valence-electron chi connectivity index (χ3n) is 3.09. The normalized spacial score (nSPS) is 10.8. The van der Waals surface area contributed by atoms with Crippen molar-refractivity contribution >= 4 is 40.0 Å². The molecule has 0 saturated heterocycles. The van der Waals surface area contributed by atoms with E-state index in [1.165, 1.54) is 18.4 Å². The van der Waals surface area contributed by atoms with Crippen LogP contribution >= 0.6 is 11.3 Å². The van der Waals surface area contributed by atoms with Crippen LogP contribution in [-0.4, -0.2) is 30.7 Å². The number of amides is 2. The number of carbonyl (C=O) groups excluding carboxylic acids is 3. The number of nitrogens with one attached hydrogen (secondary N) is 2. The Bertz CT molecular complexity index is 806. The molecule has 0 saturated carbocycles. The van der Waals surface area contributed by atoms with Crippen LogP contribution in [0.25, 0.3) is 0 Å². The Hall–Kier alpha value is -2.87.